The third kappa shape index (κ3) is 4.77. The van der Waals surface area contributed by atoms with Crippen LogP contribution in [0.5, 0.6) is 17.2 Å². The number of nitrogens with zero attached hydrogens (tertiary/aromatic N) is 2. The van der Waals surface area contributed by atoms with Crippen LogP contribution in [-0.2, 0) is 4.79 Å². The van der Waals surface area contributed by atoms with Gasteiger partial charge in [0.05, 0.1) is 23.3 Å². The van der Waals surface area contributed by atoms with Crippen LogP contribution in [0.25, 0.3) is 22.3 Å². The number of carbonyl (C=O) groups excluding carboxylic acids is 2. The van der Waals surface area contributed by atoms with Gasteiger partial charge in [-0.05, 0) is 69.4 Å². The van der Waals surface area contributed by atoms with E-state index in [0.717, 1.165) is 38.5 Å². The van der Waals surface area contributed by atoms with Crippen LogP contribution in [0.4, 0.5) is 0 Å². The highest BCUT2D eigenvalue weighted by Gasteiger charge is 2.33. The molecule has 3 N–H and O–H groups in total. The van der Waals surface area contributed by atoms with Gasteiger partial charge in [0.15, 0.2) is 11.5 Å². The molecular weight excluding hydrogens is 498 g/mol. The van der Waals surface area contributed by atoms with Gasteiger partial charge in [-0.3, -0.25) is 9.59 Å². The third-order valence-electron chi connectivity index (χ3n) is 8.50. The normalized spacial score (nSPS) is 22.4. The van der Waals surface area contributed by atoms with Gasteiger partial charge < -0.3 is 29.8 Å². The number of benzene rings is 1. The van der Waals surface area contributed by atoms with Crippen molar-refractivity contribution in [3.8, 4) is 28.5 Å². The van der Waals surface area contributed by atoms with E-state index in [1.54, 1.807) is 6.20 Å². The zero-order chi connectivity index (χ0) is 26.3. The van der Waals surface area contributed by atoms with E-state index < -0.39 is 0 Å². The van der Waals surface area contributed by atoms with Crippen molar-refractivity contribution in [1.29, 1.82) is 0 Å². The molecule has 3 heterocycles. The first-order valence-electron chi connectivity index (χ1n) is 14.1. The molecule has 7 rings (SSSR count). The van der Waals surface area contributed by atoms with E-state index in [0.29, 0.717) is 57.6 Å². The molecule has 0 atom stereocenters. The number of rotatable bonds is 8. The fourth-order valence-electron chi connectivity index (χ4n) is 5.78. The summed E-state index contributed by atoms with van der Waals surface area (Å²) in [4.78, 5) is 37.7. The number of ether oxygens (including phenoxy) is 3. The fourth-order valence-corrected chi connectivity index (χ4v) is 5.78. The Morgan fingerprint density at radius 2 is 1.77 bits per heavy atom. The number of aromatic amines is 1. The van der Waals surface area contributed by atoms with E-state index in [1.165, 1.54) is 25.6 Å². The van der Waals surface area contributed by atoms with E-state index in [2.05, 4.69) is 25.6 Å². The first-order valence-corrected chi connectivity index (χ1v) is 14.1. The van der Waals surface area contributed by atoms with Gasteiger partial charge in [-0.25, -0.2) is 9.97 Å². The Balaban J connectivity index is 1.10. The second-order valence-electron chi connectivity index (χ2n) is 11.2. The quantitative estimate of drug-likeness (QED) is 0.399. The predicted octanol–water partition coefficient (Wildman–Crippen LogP) is 4.10. The molecule has 1 aliphatic heterocycles. The number of amides is 2. The van der Waals surface area contributed by atoms with Crippen molar-refractivity contribution in [2.75, 3.05) is 13.4 Å². The molecule has 3 aliphatic carbocycles. The highest BCUT2D eigenvalue weighted by atomic mass is 16.7. The van der Waals surface area contributed by atoms with Crippen molar-refractivity contribution in [2.45, 2.75) is 69.9 Å². The topological polar surface area (TPSA) is 127 Å². The molecule has 10 nitrogen and oxygen atoms in total. The lowest BCUT2D eigenvalue weighted by Gasteiger charge is -2.29. The molecule has 39 heavy (non-hydrogen) atoms. The monoisotopic (exact) mass is 531 g/mol. The number of hydrogen-bond donors (Lipinski definition) is 3. The maximum atomic E-state index is 13.3. The first kappa shape index (κ1) is 24.2. The summed E-state index contributed by atoms with van der Waals surface area (Å²) in [5.74, 6) is 2.72. The average molecular weight is 532 g/mol. The van der Waals surface area contributed by atoms with Crippen molar-refractivity contribution in [1.82, 2.24) is 25.6 Å². The third-order valence-corrected chi connectivity index (χ3v) is 8.50. The van der Waals surface area contributed by atoms with E-state index in [-0.39, 0.29) is 36.6 Å². The van der Waals surface area contributed by atoms with Gasteiger partial charge in [-0.2, -0.15) is 0 Å². The Hall–Kier alpha value is -3.82. The highest BCUT2D eigenvalue weighted by molar-refractivity contribution is 6.08. The zero-order valence-electron chi connectivity index (χ0n) is 21.8. The molecule has 10 heteroatoms. The summed E-state index contributed by atoms with van der Waals surface area (Å²) >= 11 is 0. The Morgan fingerprint density at radius 3 is 2.51 bits per heavy atom. The lowest BCUT2D eigenvalue weighted by Crippen LogP contribution is -2.44. The molecule has 2 amide bonds. The summed E-state index contributed by atoms with van der Waals surface area (Å²) in [5, 5.41) is 6.35. The largest absolute Gasteiger partial charge is 0.492 e. The minimum atomic E-state index is -0.171. The van der Waals surface area contributed by atoms with Crippen LogP contribution in [0, 0.1) is 11.8 Å². The van der Waals surface area contributed by atoms with Gasteiger partial charge in [0.1, 0.15) is 23.3 Å². The molecule has 4 aliphatic rings. The van der Waals surface area contributed by atoms with Gasteiger partial charge in [0.2, 0.25) is 12.7 Å². The van der Waals surface area contributed by atoms with Crippen LogP contribution >= 0.6 is 0 Å². The van der Waals surface area contributed by atoms with Crippen molar-refractivity contribution in [2.24, 2.45) is 11.8 Å². The van der Waals surface area contributed by atoms with Crippen LogP contribution < -0.4 is 24.8 Å². The van der Waals surface area contributed by atoms with Crippen LogP contribution in [0.2, 0.25) is 0 Å². The van der Waals surface area contributed by atoms with E-state index in [9.17, 15) is 9.59 Å². The molecule has 3 fully saturated rings. The lowest BCUT2D eigenvalue weighted by molar-refractivity contribution is -0.123. The molecule has 0 unspecified atom stereocenters. The molecule has 3 aromatic rings. The minimum Gasteiger partial charge on any atom is -0.492 e. The number of nitrogens with one attached hydrogen (secondary N) is 3. The minimum absolute atomic E-state index is 0.0623. The molecule has 0 radical (unpaired) electrons. The van der Waals surface area contributed by atoms with Gasteiger partial charge in [0, 0.05) is 24.2 Å². The summed E-state index contributed by atoms with van der Waals surface area (Å²) in [6, 6.07) is 4.02. The number of H-pyrrole nitrogens is 1. The SMILES string of the molecule is O=C(N[C@H]1CC[C@H](NC(=O)C2CC2)CC1)c1c[nH]c2c(-c3c(OCC4CCC4)ccc4c3OCO4)ncnc12. The molecule has 0 bridgehead atoms. The van der Waals surface area contributed by atoms with Gasteiger partial charge in [-0.1, -0.05) is 6.42 Å². The van der Waals surface area contributed by atoms with Crippen LogP contribution in [0.3, 0.4) is 0 Å². The molecular formula is C29H33N5O5. The number of hydrogen-bond acceptors (Lipinski definition) is 7. The van der Waals surface area contributed by atoms with Gasteiger partial charge >= 0.3 is 0 Å². The lowest BCUT2D eigenvalue weighted by atomic mass is 9.86. The molecule has 2 aromatic heterocycles. The summed E-state index contributed by atoms with van der Waals surface area (Å²) < 4.78 is 17.7. The molecule has 1 aromatic carbocycles. The van der Waals surface area contributed by atoms with Gasteiger partial charge in [-0.15, -0.1) is 0 Å². The fraction of sp³-hybridized carbons (Fsp3) is 0.517. The Bertz CT molecular complexity index is 1400. The van der Waals surface area contributed by atoms with Crippen molar-refractivity contribution >= 4 is 22.8 Å². The molecule has 204 valence electrons. The number of carbonyl (C=O) groups is 2. The number of aromatic nitrogens is 3. The summed E-state index contributed by atoms with van der Waals surface area (Å²) in [6.45, 7) is 0.777. The van der Waals surface area contributed by atoms with Gasteiger partial charge in [0.25, 0.3) is 5.91 Å². The van der Waals surface area contributed by atoms with Crippen molar-refractivity contribution in [3.05, 3.63) is 30.2 Å². The highest BCUT2D eigenvalue weighted by Crippen LogP contribution is 2.48. The van der Waals surface area contributed by atoms with Crippen molar-refractivity contribution in [3.63, 3.8) is 0 Å². The van der Waals surface area contributed by atoms with Crippen LogP contribution in [0.1, 0.15) is 68.1 Å². The second-order valence-corrected chi connectivity index (χ2v) is 11.2. The summed E-state index contributed by atoms with van der Waals surface area (Å²) in [6.07, 6.45) is 12.2. The maximum absolute atomic E-state index is 13.3. The van der Waals surface area contributed by atoms with E-state index >= 15 is 0 Å². The summed E-state index contributed by atoms with van der Waals surface area (Å²) in [5.41, 5.74) is 2.98. The standard InChI is InChI=1S/C29H33N5O5/c35-28(17-4-5-17)33-18-6-8-19(9-7-18)34-29(36)20-12-30-26-24(20)31-14-32-25(26)23-21(37-13-16-2-1-3-16)10-11-22-27(23)39-15-38-22/h10-12,14,16-19,30H,1-9,13,15H2,(H,33,35)(H,34,36)/t18-,19-. The molecule has 0 spiro atoms. The smallest absolute Gasteiger partial charge is 0.255 e. The van der Waals surface area contributed by atoms with E-state index in [4.69, 9.17) is 14.2 Å². The predicted molar refractivity (Wildman–Crippen MR) is 143 cm³/mol. The summed E-state index contributed by atoms with van der Waals surface area (Å²) in [7, 11) is 0. The molecule has 3 saturated carbocycles. The van der Waals surface area contributed by atoms with Crippen LogP contribution in [0.15, 0.2) is 24.7 Å². The Kier molecular flexibility index (Phi) is 6.25. The van der Waals surface area contributed by atoms with E-state index in [1.807, 2.05) is 12.1 Å². The number of fused-ring (bicyclic) bond motifs is 2. The first-order chi connectivity index (χ1) is 19.1. The molecule has 0 saturated heterocycles. The van der Waals surface area contributed by atoms with Crippen LogP contribution in [-0.4, -0.2) is 52.2 Å². The average Bonchev–Trinajstić information content (AvgIpc) is 3.50. The Morgan fingerprint density at radius 1 is 0.974 bits per heavy atom. The second kappa shape index (κ2) is 10.1. The maximum Gasteiger partial charge on any atom is 0.255 e. The zero-order valence-corrected chi connectivity index (χ0v) is 21.8. The Labute approximate surface area is 226 Å². The van der Waals surface area contributed by atoms with Crippen molar-refractivity contribution < 1.29 is 23.8 Å².